The first-order chi connectivity index (χ1) is 6.68. The Labute approximate surface area is 115 Å². The highest BCUT2D eigenvalue weighted by atomic mass is 33.1. The predicted octanol–water partition coefficient (Wildman–Crippen LogP) is 2.80. The van der Waals surface area contributed by atoms with Crippen LogP contribution in [0.3, 0.4) is 0 Å². The van der Waals surface area contributed by atoms with Gasteiger partial charge in [0.05, 0.1) is 0 Å². The van der Waals surface area contributed by atoms with Gasteiger partial charge in [0.25, 0.3) is 0 Å². The molecule has 0 bridgehead atoms. The summed E-state index contributed by atoms with van der Waals surface area (Å²) in [7, 11) is 5.95. The number of rotatable bonds is 0. The average Bonchev–Trinajstić information content (AvgIpc) is 2.19. The molecular weight excluding hydrogens is 313 g/mol. The molecule has 1 fully saturated rings. The van der Waals surface area contributed by atoms with Gasteiger partial charge in [0.15, 0.2) is 0 Å². The Balaban J connectivity index is 2.45. The molecule has 14 heavy (non-hydrogen) atoms. The van der Waals surface area contributed by atoms with Gasteiger partial charge in [-0.05, 0) is 43.2 Å². The molecule has 1 rings (SSSR count). The zero-order chi connectivity index (χ0) is 10.4. The molecule has 1 heterocycles. The van der Waals surface area contributed by atoms with Gasteiger partial charge in [0, 0.05) is 13.1 Å². The molecule has 0 saturated carbocycles. The number of thiocarbonyl (C=S) groups is 3. The third-order valence-corrected chi connectivity index (χ3v) is 8.25. The quantitative estimate of drug-likeness (QED) is 0.516. The van der Waals surface area contributed by atoms with Crippen LogP contribution in [0, 0.1) is 0 Å². The van der Waals surface area contributed by atoms with Gasteiger partial charge < -0.3 is 10.6 Å². The molecule has 9 heteroatoms. The third-order valence-electron chi connectivity index (χ3n) is 1.03. The lowest BCUT2D eigenvalue weighted by Gasteiger charge is -2.05. The fourth-order valence-corrected chi connectivity index (χ4v) is 5.52. The maximum Gasteiger partial charge on any atom is 0.144 e. The van der Waals surface area contributed by atoms with Crippen molar-refractivity contribution in [3.05, 3.63) is 0 Å². The zero-order valence-electron chi connectivity index (χ0n) is 6.77. The Morgan fingerprint density at radius 3 is 1.64 bits per heavy atom. The summed E-state index contributed by atoms with van der Waals surface area (Å²) in [5.41, 5.74) is 0. The maximum absolute atomic E-state index is 5.12. The van der Waals surface area contributed by atoms with Crippen LogP contribution in [-0.4, -0.2) is 25.3 Å². The first-order valence-corrected chi connectivity index (χ1v) is 8.99. The van der Waals surface area contributed by atoms with E-state index in [2.05, 4.69) is 10.6 Å². The van der Waals surface area contributed by atoms with E-state index in [1.54, 1.807) is 0 Å². The molecule has 1 aliphatic rings. The van der Waals surface area contributed by atoms with Crippen LogP contribution >= 0.6 is 79.8 Å². The van der Waals surface area contributed by atoms with E-state index in [9.17, 15) is 0 Å². The second-order valence-corrected chi connectivity index (χ2v) is 8.83. The van der Waals surface area contributed by atoms with Crippen molar-refractivity contribution in [2.24, 2.45) is 0 Å². The van der Waals surface area contributed by atoms with E-state index < -0.39 is 0 Å². The van der Waals surface area contributed by atoms with E-state index in [-0.39, 0.29) is 0 Å². The number of nitrogens with one attached hydrogen (secondary N) is 2. The van der Waals surface area contributed by atoms with E-state index in [0.717, 1.165) is 25.3 Å². The lowest BCUT2D eigenvalue weighted by atomic mass is 10.6. The van der Waals surface area contributed by atoms with Crippen molar-refractivity contribution in [3.63, 3.8) is 0 Å². The van der Waals surface area contributed by atoms with Crippen LogP contribution in [-0.2, 0) is 0 Å². The number of hydrogen-bond acceptors (Lipinski definition) is 7. The Morgan fingerprint density at radius 1 is 0.786 bits per heavy atom. The van der Waals surface area contributed by atoms with E-state index in [1.807, 2.05) is 0 Å². The molecule has 1 aliphatic heterocycles. The Morgan fingerprint density at radius 2 is 1.21 bits per heavy atom. The largest absolute Gasteiger partial charge is 0.369 e. The summed E-state index contributed by atoms with van der Waals surface area (Å²) >= 11 is 15.3. The normalized spacial score (nSPS) is 20.7. The molecule has 78 valence electrons. The van der Waals surface area contributed by atoms with Crippen molar-refractivity contribution in [2.75, 3.05) is 13.1 Å². The first kappa shape index (κ1) is 13.3. The Kier molecular flexibility index (Phi) is 7.17. The van der Waals surface area contributed by atoms with E-state index in [0.29, 0.717) is 0 Å². The van der Waals surface area contributed by atoms with E-state index in [4.69, 9.17) is 36.7 Å². The minimum Gasteiger partial charge on any atom is -0.369 e. The highest BCUT2D eigenvalue weighted by molar-refractivity contribution is 9.02. The molecule has 0 radical (unpaired) electrons. The van der Waals surface area contributed by atoms with E-state index in [1.165, 1.54) is 43.2 Å². The highest BCUT2D eigenvalue weighted by Crippen LogP contribution is 2.36. The van der Waals surface area contributed by atoms with Gasteiger partial charge in [-0.25, -0.2) is 0 Å². The lowest BCUT2D eigenvalue weighted by molar-refractivity contribution is 0.834. The zero-order valence-corrected chi connectivity index (χ0v) is 12.5. The molecule has 0 amide bonds. The van der Waals surface area contributed by atoms with Crippen LogP contribution < -0.4 is 10.6 Å². The molecule has 1 saturated heterocycles. The van der Waals surface area contributed by atoms with Crippen LogP contribution in [0.15, 0.2) is 0 Å². The van der Waals surface area contributed by atoms with Gasteiger partial charge in [-0.15, -0.1) is 0 Å². The predicted molar refractivity (Wildman–Crippen MR) is 84.2 cm³/mol. The second-order valence-electron chi connectivity index (χ2n) is 2.01. The Bertz CT molecular complexity index is 228. The fraction of sp³-hybridized carbons (Fsp3) is 0.400. The third kappa shape index (κ3) is 5.99. The molecule has 2 N–H and O–H groups in total. The summed E-state index contributed by atoms with van der Waals surface area (Å²) in [5, 5.41) is 6.19. The van der Waals surface area contributed by atoms with Crippen LogP contribution in [0.1, 0.15) is 0 Å². The SMILES string of the molecule is S=C1NCCNC(=S)SSC(=S)SS1. The Hall–Kier alpha value is 1.27. The summed E-state index contributed by atoms with van der Waals surface area (Å²) < 4.78 is 2.35. The van der Waals surface area contributed by atoms with Crippen LogP contribution in [0.4, 0.5) is 0 Å². The minimum absolute atomic E-state index is 0.762. The van der Waals surface area contributed by atoms with Crippen molar-refractivity contribution < 1.29 is 0 Å². The molecule has 0 aromatic carbocycles. The summed E-state index contributed by atoms with van der Waals surface area (Å²) in [4.78, 5) is 0. The monoisotopic (exact) mass is 318 g/mol. The molecule has 0 aliphatic carbocycles. The summed E-state index contributed by atoms with van der Waals surface area (Å²) in [5.74, 6) is 0. The van der Waals surface area contributed by atoms with E-state index >= 15 is 0 Å². The van der Waals surface area contributed by atoms with Crippen LogP contribution in [0.5, 0.6) is 0 Å². The minimum atomic E-state index is 0.762. The van der Waals surface area contributed by atoms with Crippen LogP contribution in [0.25, 0.3) is 0 Å². The smallest absolute Gasteiger partial charge is 0.144 e. The molecule has 0 aromatic rings. The molecule has 2 nitrogen and oxygen atoms in total. The van der Waals surface area contributed by atoms with Crippen molar-refractivity contribution in [3.8, 4) is 0 Å². The van der Waals surface area contributed by atoms with Crippen molar-refractivity contribution in [1.29, 1.82) is 0 Å². The van der Waals surface area contributed by atoms with Gasteiger partial charge in [-0.2, -0.15) is 0 Å². The molecule has 0 aromatic heterocycles. The summed E-state index contributed by atoms with van der Waals surface area (Å²) in [6.45, 7) is 1.56. The van der Waals surface area contributed by atoms with Crippen LogP contribution in [0.2, 0.25) is 0 Å². The standard InChI is InChI=1S/C5H6N2S7/c8-3-6-1-2-7-4(9)12-14-5(10)13-11-3/h1-2H2,(H,6,8)(H,7,9). The van der Waals surface area contributed by atoms with Gasteiger partial charge in [-0.1, -0.05) is 36.7 Å². The molecule has 0 spiro atoms. The van der Waals surface area contributed by atoms with Gasteiger partial charge in [-0.3, -0.25) is 0 Å². The summed E-state index contributed by atoms with van der Waals surface area (Å²) in [6.07, 6.45) is 0. The molecule has 0 unspecified atom stereocenters. The number of hydrogen-bond donors (Lipinski definition) is 2. The second kappa shape index (κ2) is 7.53. The topological polar surface area (TPSA) is 24.1 Å². The lowest BCUT2D eigenvalue weighted by Crippen LogP contribution is -2.30. The molecular formula is C5H6N2S7. The summed E-state index contributed by atoms with van der Waals surface area (Å²) in [6, 6.07) is 0. The highest BCUT2D eigenvalue weighted by Gasteiger charge is 2.07. The first-order valence-electron chi connectivity index (χ1n) is 3.47. The van der Waals surface area contributed by atoms with Gasteiger partial charge in [0.2, 0.25) is 0 Å². The van der Waals surface area contributed by atoms with Crippen molar-refractivity contribution >= 4 is 92.0 Å². The van der Waals surface area contributed by atoms with Gasteiger partial charge >= 0.3 is 0 Å². The maximum atomic E-state index is 5.12. The average molecular weight is 319 g/mol. The van der Waals surface area contributed by atoms with Gasteiger partial charge in [0.1, 0.15) is 12.2 Å². The molecule has 0 atom stereocenters. The fourth-order valence-electron chi connectivity index (χ4n) is 0.546. The van der Waals surface area contributed by atoms with Crippen molar-refractivity contribution in [2.45, 2.75) is 0 Å². The van der Waals surface area contributed by atoms with Crippen molar-refractivity contribution in [1.82, 2.24) is 10.6 Å².